The molecule has 0 heterocycles. The van der Waals surface area contributed by atoms with Crippen LogP contribution in [0.2, 0.25) is 0 Å². The molecule has 0 bridgehead atoms. The van der Waals surface area contributed by atoms with Gasteiger partial charge in [0.2, 0.25) is 15.9 Å². The molecule has 6 nitrogen and oxygen atoms in total. The molecule has 20 heavy (non-hydrogen) atoms. The first-order valence-corrected chi connectivity index (χ1v) is 7.86. The highest BCUT2D eigenvalue weighted by Gasteiger charge is 2.21. The van der Waals surface area contributed by atoms with Gasteiger partial charge in [0.25, 0.3) is 0 Å². The number of benzene rings is 1. The van der Waals surface area contributed by atoms with E-state index in [-0.39, 0.29) is 10.8 Å². The number of rotatable bonds is 6. The maximum Gasteiger partial charge on any atom is 0.241 e. The Kier molecular flexibility index (Phi) is 5.52. The van der Waals surface area contributed by atoms with Crippen LogP contribution in [0.15, 0.2) is 29.2 Å². The maximum atomic E-state index is 12.1. The van der Waals surface area contributed by atoms with E-state index in [4.69, 9.17) is 5.73 Å². The molecular weight excluding hydrogens is 278 g/mol. The molecule has 7 heteroatoms. The number of carbonyl (C=O) groups is 1. The third-order valence-corrected chi connectivity index (χ3v) is 4.12. The first-order chi connectivity index (χ1) is 9.22. The molecule has 1 aromatic rings. The smallest absolute Gasteiger partial charge is 0.241 e. The molecule has 0 fully saturated rings. The van der Waals surface area contributed by atoms with Gasteiger partial charge in [0.15, 0.2) is 0 Å². The Balaban J connectivity index is 2.73. The molecule has 0 aliphatic rings. The fraction of sp³-hybridized carbons (Fsp3) is 0.462. The zero-order valence-corrected chi connectivity index (χ0v) is 12.7. The molecule has 0 aliphatic heterocycles. The topological polar surface area (TPSA) is 101 Å². The zero-order chi connectivity index (χ0) is 15.3. The van der Waals surface area contributed by atoms with Crippen LogP contribution < -0.4 is 15.8 Å². The van der Waals surface area contributed by atoms with Gasteiger partial charge in [0.05, 0.1) is 10.9 Å². The van der Waals surface area contributed by atoms with Crippen LogP contribution in [0.4, 0.5) is 5.69 Å². The second-order valence-electron chi connectivity index (χ2n) is 5.05. The number of amides is 1. The number of anilines is 1. The summed E-state index contributed by atoms with van der Waals surface area (Å²) in [5.41, 5.74) is 5.91. The Morgan fingerprint density at radius 1 is 1.30 bits per heavy atom. The van der Waals surface area contributed by atoms with Crippen LogP contribution in [0.5, 0.6) is 0 Å². The van der Waals surface area contributed by atoms with Crippen molar-refractivity contribution in [2.45, 2.75) is 31.7 Å². The normalized spacial score (nSPS) is 13.2. The van der Waals surface area contributed by atoms with Gasteiger partial charge in [-0.15, -0.1) is 0 Å². The third-order valence-electron chi connectivity index (χ3n) is 2.58. The van der Waals surface area contributed by atoms with Gasteiger partial charge < -0.3 is 11.1 Å². The summed E-state index contributed by atoms with van der Waals surface area (Å²) in [5.74, 6) is -0.0529. The summed E-state index contributed by atoms with van der Waals surface area (Å²) in [5, 5.41) is 2.68. The number of hydrogen-bond donors (Lipinski definition) is 3. The van der Waals surface area contributed by atoms with Gasteiger partial charge in [-0.1, -0.05) is 19.9 Å². The van der Waals surface area contributed by atoms with E-state index in [1.807, 2.05) is 13.8 Å². The van der Waals surface area contributed by atoms with Crippen molar-refractivity contribution in [1.82, 2.24) is 10.0 Å². The van der Waals surface area contributed by atoms with Crippen LogP contribution in [0.25, 0.3) is 0 Å². The summed E-state index contributed by atoms with van der Waals surface area (Å²) >= 11 is 0. The van der Waals surface area contributed by atoms with E-state index in [2.05, 4.69) is 10.0 Å². The van der Waals surface area contributed by atoms with Crippen molar-refractivity contribution in [2.75, 3.05) is 12.3 Å². The Morgan fingerprint density at radius 2 is 1.95 bits per heavy atom. The number of nitrogens with two attached hydrogens (primary N) is 1. The van der Waals surface area contributed by atoms with E-state index in [0.29, 0.717) is 18.2 Å². The predicted octanol–water partition coefficient (Wildman–Crippen LogP) is 0.708. The summed E-state index contributed by atoms with van der Waals surface area (Å²) in [6.45, 7) is 5.92. The largest absolute Gasteiger partial charge is 0.399 e. The SMILES string of the molecule is CC(C)CNC(=O)C(C)NS(=O)(=O)c1cccc(N)c1. The monoisotopic (exact) mass is 299 g/mol. The third kappa shape index (κ3) is 4.82. The molecule has 1 atom stereocenters. The first kappa shape index (κ1) is 16.5. The van der Waals surface area contributed by atoms with Crippen molar-refractivity contribution in [3.05, 3.63) is 24.3 Å². The molecule has 1 unspecified atom stereocenters. The Labute approximate surface area is 119 Å². The van der Waals surface area contributed by atoms with Crippen LogP contribution >= 0.6 is 0 Å². The number of nitrogen functional groups attached to an aromatic ring is 1. The summed E-state index contributed by atoms with van der Waals surface area (Å²) in [6, 6.07) is 5.07. The van der Waals surface area contributed by atoms with E-state index in [1.165, 1.54) is 19.1 Å². The number of sulfonamides is 1. The summed E-state index contributed by atoms with van der Waals surface area (Å²) in [6.07, 6.45) is 0. The van der Waals surface area contributed by atoms with Crippen molar-refractivity contribution in [2.24, 2.45) is 5.92 Å². The first-order valence-electron chi connectivity index (χ1n) is 6.38. The minimum Gasteiger partial charge on any atom is -0.399 e. The summed E-state index contributed by atoms with van der Waals surface area (Å²) in [7, 11) is -3.76. The van der Waals surface area contributed by atoms with E-state index in [0.717, 1.165) is 0 Å². The van der Waals surface area contributed by atoms with Crippen LogP contribution in [0.1, 0.15) is 20.8 Å². The Bertz CT molecular complexity index is 570. The van der Waals surface area contributed by atoms with Gasteiger partial charge in [-0.05, 0) is 31.0 Å². The molecule has 1 aromatic carbocycles. The molecular formula is C13H21N3O3S. The van der Waals surface area contributed by atoms with Crippen molar-refractivity contribution in [3.63, 3.8) is 0 Å². The van der Waals surface area contributed by atoms with Gasteiger partial charge in [-0.2, -0.15) is 4.72 Å². The molecule has 1 amide bonds. The lowest BCUT2D eigenvalue weighted by Gasteiger charge is -2.15. The number of carbonyl (C=O) groups excluding carboxylic acids is 1. The molecule has 0 saturated carbocycles. The van der Waals surface area contributed by atoms with Crippen LogP contribution in [-0.2, 0) is 14.8 Å². The standard InChI is InChI=1S/C13H21N3O3S/c1-9(2)8-15-13(17)10(3)16-20(18,19)12-6-4-5-11(14)7-12/h4-7,9-10,16H,8,14H2,1-3H3,(H,15,17). The highest BCUT2D eigenvalue weighted by molar-refractivity contribution is 7.89. The van der Waals surface area contributed by atoms with Gasteiger partial charge in [0.1, 0.15) is 0 Å². The maximum absolute atomic E-state index is 12.1. The molecule has 0 saturated heterocycles. The van der Waals surface area contributed by atoms with Crippen LogP contribution in [-0.4, -0.2) is 26.9 Å². The minimum atomic E-state index is -3.76. The average molecular weight is 299 g/mol. The zero-order valence-electron chi connectivity index (χ0n) is 11.9. The molecule has 4 N–H and O–H groups in total. The second-order valence-corrected chi connectivity index (χ2v) is 6.77. The van der Waals surface area contributed by atoms with Gasteiger partial charge in [-0.3, -0.25) is 4.79 Å². The van der Waals surface area contributed by atoms with Gasteiger partial charge in [0, 0.05) is 12.2 Å². The van der Waals surface area contributed by atoms with Crippen LogP contribution in [0.3, 0.4) is 0 Å². The van der Waals surface area contributed by atoms with Crippen LogP contribution in [0, 0.1) is 5.92 Å². The molecule has 1 rings (SSSR count). The minimum absolute atomic E-state index is 0.0426. The van der Waals surface area contributed by atoms with Gasteiger partial charge >= 0.3 is 0 Å². The van der Waals surface area contributed by atoms with E-state index in [1.54, 1.807) is 12.1 Å². The van der Waals surface area contributed by atoms with Crippen molar-refractivity contribution in [3.8, 4) is 0 Å². The predicted molar refractivity (Wildman–Crippen MR) is 78.5 cm³/mol. The van der Waals surface area contributed by atoms with Crippen molar-refractivity contribution >= 4 is 21.6 Å². The Hall–Kier alpha value is -1.60. The fourth-order valence-electron chi connectivity index (χ4n) is 1.49. The van der Waals surface area contributed by atoms with E-state index in [9.17, 15) is 13.2 Å². The molecule has 112 valence electrons. The molecule has 0 aliphatic carbocycles. The van der Waals surface area contributed by atoms with Crippen molar-refractivity contribution in [1.29, 1.82) is 0 Å². The quantitative estimate of drug-likeness (QED) is 0.673. The van der Waals surface area contributed by atoms with Gasteiger partial charge in [-0.25, -0.2) is 8.42 Å². The molecule has 0 radical (unpaired) electrons. The molecule has 0 spiro atoms. The fourth-order valence-corrected chi connectivity index (χ4v) is 2.75. The number of hydrogen-bond acceptors (Lipinski definition) is 4. The lowest BCUT2D eigenvalue weighted by Crippen LogP contribution is -2.45. The highest BCUT2D eigenvalue weighted by atomic mass is 32.2. The highest BCUT2D eigenvalue weighted by Crippen LogP contribution is 2.12. The lowest BCUT2D eigenvalue weighted by molar-refractivity contribution is -0.122. The van der Waals surface area contributed by atoms with E-state index < -0.39 is 16.1 Å². The molecule has 0 aromatic heterocycles. The summed E-state index contributed by atoms with van der Waals surface area (Å²) < 4.78 is 26.5. The van der Waals surface area contributed by atoms with Crippen molar-refractivity contribution < 1.29 is 13.2 Å². The lowest BCUT2D eigenvalue weighted by atomic mass is 10.2. The summed E-state index contributed by atoms with van der Waals surface area (Å²) in [4.78, 5) is 11.8. The Morgan fingerprint density at radius 3 is 2.50 bits per heavy atom. The number of nitrogens with one attached hydrogen (secondary N) is 2. The second kappa shape index (κ2) is 6.71. The van der Waals surface area contributed by atoms with E-state index >= 15 is 0 Å². The average Bonchev–Trinajstić information content (AvgIpc) is 2.35.